The molecule has 0 bridgehead atoms. The lowest BCUT2D eigenvalue weighted by molar-refractivity contribution is -0.154. The van der Waals surface area contributed by atoms with Gasteiger partial charge in [0.2, 0.25) is 0 Å². The SMILES string of the molecule is O=C(Nc1ccccn1)[C@H](O)[C@@H](O)C(=O)N1CCOCC1. The monoisotopic (exact) mass is 295 g/mol. The van der Waals surface area contributed by atoms with Gasteiger partial charge in [-0.3, -0.25) is 9.59 Å². The molecule has 1 aromatic rings. The maximum Gasteiger partial charge on any atom is 0.257 e. The van der Waals surface area contributed by atoms with Gasteiger partial charge in [0.1, 0.15) is 5.82 Å². The molecule has 0 saturated carbocycles. The van der Waals surface area contributed by atoms with Gasteiger partial charge in [-0.05, 0) is 12.1 Å². The Labute approximate surface area is 121 Å². The highest BCUT2D eigenvalue weighted by Gasteiger charge is 2.34. The summed E-state index contributed by atoms with van der Waals surface area (Å²) in [5.41, 5.74) is 0. The van der Waals surface area contributed by atoms with Gasteiger partial charge in [0, 0.05) is 19.3 Å². The molecule has 2 amide bonds. The summed E-state index contributed by atoms with van der Waals surface area (Å²) in [6.45, 7) is 1.39. The van der Waals surface area contributed by atoms with Crippen molar-refractivity contribution in [1.29, 1.82) is 0 Å². The number of anilines is 1. The number of carbonyl (C=O) groups excluding carboxylic acids is 2. The number of amides is 2. The number of pyridine rings is 1. The van der Waals surface area contributed by atoms with Gasteiger partial charge < -0.3 is 25.2 Å². The third-order valence-electron chi connectivity index (χ3n) is 3.06. The fraction of sp³-hybridized carbons (Fsp3) is 0.462. The van der Waals surface area contributed by atoms with Gasteiger partial charge in [-0.2, -0.15) is 0 Å². The molecule has 2 heterocycles. The quantitative estimate of drug-likeness (QED) is 0.630. The van der Waals surface area contributed by atoms with E-state index in [1.54, 1.807) is 12.1 Å². The summed E-state index contributed by atoms with van der Waals surface area (Å²) in [5, 5.41) is 21.9. The third kappa shape index (κ3) is 3.97. The van der Waals surface area contributed by atoms with Crippen LogP contribution in [0.3, 0.4) is 0 Å². The molecular weight excluding hydrogens is 278 g/mol. The number of aliphatic hydroxyl groups excluding tert-OH is 2. The predicted octanol–water partition coefficient (Wildman–Crippen LogP) is -1.40. The number of nitrogens with zero attached hydrogens (tertiary/aromatic N) is 2. The Kier molecular flexibility index (Phi) is 5.20. The van der Waals surface area contributed by atoms with E-state index in [1.807, 2.05) is 0 Å². The van der Waals surface area contributed by atoms with E-state index in [0.29, 0.717) is 26.3 Å². The lowest BCUT2D eigenvalue weighted by Crippen LogP contribution is -2.52. The molecule has 21 heavy (non-hydrogen) atoms. The largest absolute Gasteiger partial charge is 0.380 e. The van der Waals surface area contributed by atoms with Crippen LogP contribution in [0.4, 0.5) is 5.82 Å². The molecular formula is C13H17N3O5. The minimum atomic E-state index is -1.86. The highest BCUT2D eigenvalue weighted by atomic mass is 16.5. The number of ether oxygens (including phenoxy) is 1. The van der Waals surface area contributed by atoms with E-state index >= 15 is 0 Å². The first-order valence-electron chi connectivity index (χ1n) is 6.54. The molecule has 8 heteroatoms. The molecule has 2 atom stereocenters. The van der Waals surface area contributed by atoms with Crippen molar-refractivity contribution in [2.75, 3.05) is 31.6 Å². The molecule has 3 N–H and O–H groups in total. The Morgan fingerprint density at radius 2 is 1.95 bits per heavy atom. The zero-order valence-corrected chi connectivity index (χ0v) is 11.3. The Bertz CT molecular complexity index is 490. The molecule has 114 valence electrons. The second-order valence-corrected chi connectivity index (χ2v) is 4.53. The molecule has 1 saturated heterocycles. The fourth-order valence-electron chi connectivity index (χ4n) is 1.89. The van der Waals surface area contributed by atoms with Crippen molar-refractivity contribution < 1.29 is 24.5 Å². The van der Waals surface area contributed by atoms with Crippen LogP contribution in [0, 0.1) is 0 Å². The first-order valence-corrected chi connectivity index (χ1v) is 6.54. The summed E-state index contributed by atoms with van der Waals surface area (Å²) in [6, 6.07) is 4.86. The van der Waals surface area contributed by atoms with Crippen molar-refractivity contribution in [2.24, 2.45) is 0 Å². The molecule has 0 spiro atoms. The molecule has 1 aliphatic rings. The topological polar surface area (TPSA) is 112 Å². The summed E-state index contributed by atoms with van der Waals surface area (Å²) >= 11 is 0. The number of aromatic nitrogens is 1. The minimum absolute atomic E-state index is 0.229. The number of rotatable bonds is 4. The summed E-state index contributed by atoms with van der Waals surface area (Å²) in [7, 11) is 0. The maximum absolute atomic E-state index is 12.0. The molecule has 0 radical (unpaired) electrons. The summed E-state index contributed by atoms with van der Waals surface area (Å²) in [4.78, 5) is 29.0. The zero-order chi connectivity index (χ0) is 15.2. The average Bonchev–Trinajstić information content (AvgIpc) is 2.54. The number of carbonyl (C=O) groups is 2. The third-order valence-corrected chi connectivity index (χ3v) is 3.06. The van der Waals surface area contributed by atoms with Gasteiger partial charge in [-0.25, -0.2) is 4.98 Å². The molecule has 1 aromatic heterocycles. The van der Waals surface area contributed by atoms with Gasteiger partial charge in [-0.1, -0.05) is 6.07 Å². The number of morpholine rings is 1. The molecule has 0 aliphatic carbocycles. The number of hydrogen-bond acceptors (Lipinski definition) is 6. The van der Waals surface area contributed by atoms with Crippen LogP contribution in [0.2, 0.25) is 0 Å². The number of nitrogens with one attached hydrogen (secondary N) is 1. The van der Waals surface area contributed by atoms with Gasteiger partial charge in [-0.15, -0.1) is 0 Å². The van der Waals surface area contributed by atoms with Crippen molar-refractivity contribution in [3.63, 3.8) is 0 Å². The lowest BCUT2D eigenvalue weighted by Gasteiger charge is -2.29. The fourth-order valence-corrected chi connectivity index (χ4v) is 1.89. The van der Waals surface area contributed by atoms with Crippen LogP contribution in [0.15, 0.2) is 24.4 Å². The number of hydrogen-bond donors (Lipinski definition) is 3. The van der Waals surface area contributed by atoms with Crippen molar-refractivity contribution in [3.05, 3.63) is 24.4 Å². The van der Waals surface area contributed by atoms with E-state index in [4.69, 9.17) is 4.74 Å². The first-order chi connectivity index (χ1) is 10.1. The predicted molar refractivity (Wildman–Crippen MR) is 72.3 cm³/mol. The molecule has 1 fully saturated rings. The van der Waals surface area contributed by atoms with Crippen LogP contribution in [0.25, 0.3) is 0 Å². The Balaban J connectivity index is 1.93. The van der Waals surface area contributed by atoms with Gasteiger partial charge in [0.15, 0.2) is 12.2 Å². The highest BCUT2D eigenvalue weighted by molar-refractivity contribution is 5.97. The Morgan fingerprint density at radius 3 is 2.57 bits per heavy atom. The lowest BCUT2D eigenvalue weighted by atomic mass is 10.1. The molecule has 1 aliphatic heterocycles. The first kappa shape index (κ1) is 15.4. The second kappa shape index (κ2) is 7.11. The standard InChI is InChI=1S/C13H17N3O5/c17-10(12(19)15-9-3-1-2-4-14-9)11(18)13(20)16-5-7-21-8-6-16/h1-4,10-11,17-18H,5-8H2,(H,14,15,19)/t10-,11-/m1/s1. The average molecular weight is 295 g/mol. The van der Waals surface area contributed by atoms with Crippen molar-refractivity contribution in [1.82, 2.24) is 9.88 Å². The highest BCUT2D eigenvalue weighted by Crippen LogP contribution is 2.07. The molecule has 8 nitrogen and oxygen atoms in total. The smallest absolute Gasteiger partial charge is 0.257 e. The van der Waals surface area contributed by atoms with E-state index in [1.165, 1.54) is 17.2 Å². The number of aliphatic hydroxyl groups is 2. The maximum atomic E-state index is 12.0. The van der Waals surface area contributed by atoms with Crippen LogP contribution in [-0.2, 0) is 14.3 Å². The van der Waals surface area contributed by atoms with E-state index < -0.39 is 24.0 Å². The molecule has 0 unspecified atom stereocenters. The van der Waals surface area contributed by atoms with Gasteiger partial charge in [0.25, 0.3) is 11.8 Å². The molecule has 2 rings (SSSR count). The van der Waals surface area contributed by atoms with Crippen molar-refractivity contribution >= 4 is 17.6 Å². The van der Waals surface area contributed by atoms with E-state index in [2.05, 4.69) is 10.3 Å². The van der Waals surface area contributed by atoms with Crippen LogP contribution in [-0.4, -0.2) is 70.4 Å². The van der Waals surface area contributed by atoms with Gasteiger partial charge >= 0.3 is 0 Å². The van der Waals surface area contributed by atoms with Crippen molar-refractivity contribution in [3.8, 4) is 0 Å². The van der Waals surface area contributed by atoms with Crippen LogP contribution >= 0.6 is 0 Å². The Morgan fingerprint density at radius 1 is 1.24 bits per heavy atom. The van der Waals surface area contributed by atoms with Crippen LogP contribution in [0.5, 0.6) is 0 Å². The van der Waals surface area contributed by atoms with Gasteiger partial charge in [0.05, 0.1) is 13.2 Å². The normalized spacial score (nSPS) is 17.9. The van der Waals surface area contributed by atoms with Crippen LogP contribution in [0.1, 0.15) is 0 Å². The van der Waals surface area contributed by atoms with Crippen molar-refractivity contribution in [2.45, 2.75) is 12.2 Å². The summed E-state index contributed by atoms with van der Waals surface area (Å²) in [6.07, 6.45) is -2.20. The molecule has 0 aromatic carbocycles. The van der Waals surface area contributed by atoms with E-state index in [-0.39, 0.29) is 5.82 Å². The summed E-state index contributed by atoms with van der Waals surface area (Å²) in [5.74, 6) is -1.35. The van der Waals surface area contributed by atoms with E-state index in [9.17, 15) is 19.8 Å². The van der Waals surface area contributed by atoms with Crippen LogP contribution < -0.4 is 5.32 Å². The minimum Gasteiger partial charge on any atom is -0.380 e. The second-order valence-electron chi connectivity index (χ2n) is 4.53. The summed E-state index contributed by atoms with van der Waals surface area (Å²) < 4.78 is 5.09. The van der Waals surface area contributed by atoms with E-state index in [0.717, 1.165) is 0 Å². The zero-order valence-electron chi connectivity index (χ0n) is 11.3. The Hall–Kier alpha value is -2.03.